The third-order valence-electron chi connectivity index (χ3n) is 2.46. The predicted molar refractivity (Wildman–Crippen MR) is 55.9 cm³/mol. The number of ketones is 1. The fraction of sp³-hybridized carbons (Fsp3) is 0.556. The van der Waals surface area contributed by atoms with Crippen molar-refractivity contribution in [2.75, 3.05) is 0 Å². The smallest absolute Gasteiger partial charge is 0.160 e. The predicted octanol–water partition coefficient (Wildman–Crippen LogP) is 2.40. The van der Waals surface area contributed by atoms with Crippen molar-refractivity contribution in [3.63, 3.8) is 0 Å². The van der Waals surface area contributed by atoms with Gasteiger partial charge in [0.15, 0.2) is 11.5 Å². The third-order valence-corrected chi connectivity index (χ3v) is 3.72. The summed E-state index contributed by atoms with van der Waals surface area (Å²) >= 11 is 2.10. The average molecular weight is 291 g/mol. The number of fused-ring (bicyclic) bond motifs is 1. The maximum Gasteiger partial charge on any atom is 0.160 e. The monoisotopic (exact) mass is 291 g/mol. The van der Waals surface area contributed by atoms with Crippen molar-refractivity contribution in [1.29, 1.82) is 0 Å². The highest BCUT2D eigenvalue weighted by atomic mass is 127. The van der Waals surface area contributed by atoms with E-state index in [4.69, 9.17) is 4.52 Å². The van der Waals surface area contributed by atoms with Crippen molar-refractivity contribution in [3.05, 3.63) is 17.5 Å². The lowest BCUT2D eigenvalue weighted by Gasteiger charge is -2.29. The molecular formula is C9H10INO2. The second-order valence-electron chi connectivity index (χ2n) is 3.99. The Morgan fingerprint density at radius 3 is 3.08 bits per heavy atom. The second-order valence-corrected chi connectivity index (χ2v) is 5.24. The number of halogens is 1. The molecule has 0 amide bonds. The zero-order chi connectivity index (χ0) is 9.64. The molecule has 0 aromatic carbocycles. The Kier molecular flexibility index (Phi) is 1.98. The van der Waals surface area contributed by atoms with Gasteiger partial charge >= 0.3 is 0 Å². The van der Waals surface area contributed by atoms with Crippen LogP contribution >= 0.6 is 22.6 Å². The minimum absolute atomic E-state index is 0.117. The molecule has 0 spiro atoms. The molecule has 1 aromatic rings. The molecule has 0 saturated heterocycles. The Hall–Kier alpha value is -0.390. The van der Waals surface area contributed by atoms with Crippen LogP contribution in [0.2, 0.25) is 0 Å². The van der Waals surface area contributed by atoms with Gasteiger partial charge in [0.05, 0.1) is 6.20 Å². The fourth-order valence-electron chi connectivity index (χ4n) is 1.71. The number of alkyl halides is 1. The van der Waals surface area contributed by atoms with Crippen LogP contribution in [0.3, 0.4) is 0 Å². The van der Waals surface area contributed by atoms with E-state index in [1.165, 1.54) is 0 Å². The van der Waals surface area contributed by atoms with Crippen molar-refractivity contribution in [1.82, 2.24) is 5.16 Å². The molecule has 13 heavy (non-hydrogen) atoms. The Morgan fingerprint density at radius 2 is 2.38 bits per heavy atom. The van der Waals surface area contributed by atoms with Crippen molar-refractivity contribution in [2.45, 2.75) is 29.6 Å². The summed E-state index contributed by atoms with van der Waals surface area (Å²) in [5.41, 5.74) is 0.958. The maximum atomic E-state index is 11.6. The molecule has 1 atom stereocenters. The molecule has 70 valence electrons. The van der Waals surface area contributed by atoms with E-state index >= 15 is 0 Å². The van der Waals surface area contributed by atoms with Crippen LogP contribution in [0.25, 0.3) is 0 Å². The van der Waals surface area contributed by atoms with Gasteiger partial charge in [0, 0.05) is 17.4 Å². The van der Waals surface area contributed by atoms with Gasteiger partial charge in [-0.25, -0.2) is 0 Å². The Labute approximate surface area is 90.0 Å². The number of carbonyl (C=O) groups is 1. The summed E-state index contributed by atoms with van der Waals surface area (Å²) in [6.45, 7) is 4.09. The molecule has 0 bridgehead atoms. The van der Waals surface area contributed by atoms with E-state index in [9.17, 15) is 4.79 Å². The molecule has 0 N–H and O–H groups in total. The highest BCUT2D eigenvalue weighted by molar-refractivity contribution is 14.1. The van der Waals surface area contributed by atoms with Gasteiger partial charge in [-0.05, 0) is 0 Å². The first-order valence-electron chi connectivity index (χ1n) is 4.14. The van der Waals surface area contributed by atoms with E-state index in [1.54, 1.807) is 6.20 Å². The van der Waals surface area contributed by atoms with Crippen molar-refractivity contribution >= 4 is 28.4 Å². The van der Waals surface area contributed by atoms with Gasteiger partial charge in [0.25, 0.3) is 0 Å². The molecule has 0 aliphatic heterocycles. The van der Waals surface area contributed by atoms with Gasteiger partial charge in [-0.1, -0.05) is 41.6 Å². The molecule has 0 saturated carbocycles. The summed E-state index contributed by atoms with van der Waals surface area (Å²) in [4.78, 5) is 11.6. The van der Waals surface area contributed by atoms with Gasteiger partial charge in [-0.3, -0.25) is 4.79 Å². The van der Waals surface area contributed by atoms with Gasteiger partial charge in [0.1, 0.15) is 3.92 Å². The summed E-state index contributed by atoms with van der Waals surface area (Å²) in [7, 11) is 0. The van der Waals surface area contributed by atoms with E-state index in [1.807, 2.05) is 13.8 Å². The quantitative estimate of drug-likeness (QED) is 0.544. The van der Waals surface area contributed by atoms with Crippen LogP contribution in [0.4, 0.5) is 0 Å². The third kappa shape index (κ3) is 1.31. The zero-order valence-corrected chi connectivity index (χ0v) is 9.66. The summed E-state index contributed by atoms with van der Waals surface area (Å²) in [6.07, 6.45) is 2.31. The molecule has 1 aliphatic carbocycles. The molecule has 2 rings (SSSR count). The molecule has 3 nitrogen and oxygen atoms in total. The lowest BCUT2D eigenvalue weighted by molar-refractivity contribution is -0.120. The van der Waals surface area contributed by atoms with Gasteiger partial charge in [-0.2, -0.15) is 0 Å². The van der Waals surface area contributed by atoms with Crippen molar-refractivity contribution < 1.29 is 9.32 Å². The number of Topliss-reactive ketones (excluding diaryl/α,β-unsaturated/α-hetero) is 1. The maximum absolute atomic E-state index is 11.6. The van der Waals surface area contributed by atoms with Gasteiger partial charge < -0.3 is 4.52 Å². The Bertz CT molecular complexity index is 356. The van der Waals surface area contributed by atoms with Crippen LogP contribution in [0, 0.1) is 0 Å². The number of hydrogen-bond acceptors (Lipinski definition) is 3. The largest absolute Gasteiger partial charge is 0.359 e. The van der Waals surface area contributed by atoms with Crippen molar-refractivity contribution in [2.24, 2.45) is 0 Å². The number of rotatable bonds is 0. The van der Waals surface area contributed by atoms with Crippen LogP contribution in [0.5, 0.6) is 0 Å². The first-order valence-corrected chi connectivity index (χ1v) is 5.39. The van der Waals surface area contributed by atoms with Crippen LogP contribution in [-0.2, 0) is 10.2 Å². The van der Waals surface area contributed by atoms with Crippen LogP contribution < -0.4 is 0 Å². The molecular weight excluding hydrogens is 281 g/mol. The molecule has 1 aromatic heterocycles. The number of carbonyl (C=O) groups excluding carboxylic acids is 1. The summed E-state index contributed by atoms with van der Waals surface area (Å²) in [5, 5.41) is 3.75. The van der Waals surface area contributed by atoms with Gasteiger partial charge in [-0.15, -0.1) is 0 Å². The lowest BCUT2D eigenvalue weighted by Crippen LogP contribution is -2.29. The van der Waals surface area contributed by atoms with E-state index in [0.717, 1.165) is 11.3 Å². The average Bonchev–Trinajstić information content (AvgIpc) is 2.48. The summed E-state index contributed by atoms with van der Waals surface area (Å²) in [6, 6.07) is 0. The van der Waals surface area contributed by atoms with Crippen LogP contribution in [0.15, 0.2) is 10.7 Å². The van der Waals surface area contributed by atoms with E-state index in [-0.39, 0.29) is 15.1 Å². The fourth-order valence-corrected chi connectivity index (χ4v) is 2.38. The minimum atomic E-state index is -0.150. The zero-order valence-electron chi connectivity index (χ0n) is 7.50. The van der Waals surface area contributed by atoms with E-state index in [0.29, 0.717) is 6.42 Å². The topological polar surface area (TPSA) is 43.1 Å². The second kappa shape index (κ2) is 2.80. The first kappa shape index (κ1) is 9.18. The molecule has 0 radical (unpaired) electrons. The Morgan fingerprint density at radius 1 is 1.69 bits per heavy atom. The van der Waals surface area contributed by atoms with Crippen LogP contribution in [0.1, 0.15) is 35.5 Å². The highest BCUT2D eigenvalue weighted by Crippen LogP contribution is 2.43. The number of nitrogens with zero attached hydrogens (tertiary/aromatic N) is 1. The van der Waals surface area contributed by atoms with Gasteiger partial charge in [0.2, 0.25) is 0 Å². The Balaban J connectivity index is 2.57. The summed E-state index contributed by atoms with van der Waals surface area (Å²) < 4.78 is 4.95. The normalized spacial score (nSPS) is 25.8. The van der Waals surface area contributed by atoms with E-state index in [2.05, 4.69) is 27.7 Å². The number of aromatic nitrogens is 1. The molecule has 4 heteroatoms. The molecule has 1 heterocycles. The highest BCUT2D eigenvalue weighted by Gasteiger charge is 2.40. The van der Waals surface area contributed by atoms with Crippen molar-refractivity contribution in [3.8, 4) is 0 Å². The SMILES string of the molecule is CC1(C)CC(=O)C(I)c2oncc21. The molecule has 1 unspecified atom stereocenters. The summed E-state index contributed by atoms with van der Waals surface area (Å²) in [5.74, 6) is 0.969. The van der Waals surface area contributed by atoms with E-state index < -0.39 is 0 Å². The number of hydrogen-bond donors (Lipinski definition) is 0. The molecule has 0 fully saturated rings. The first-order chi connectivity index (χ1) is 6.02. The lowest BCUT2D eigenvalue weighted by atomic mass is 9.75. The standard InChI is InChI=1S/C9H10INO2/c1-9(2)3-6(12)7(10)8-5(9)4-11-13-8/h4,7H,3H2,1-2H3. The minimum Gasteiger partial charge on any atom is -0.359 e. The molecule has 1 aliphatic rings. The van der Waals surface area contributed by atoms with Crippen LogP contribution in [-0.4, -0.2) is 10.9 Å².